The van der Waals surface area contributed by atoms with E-state index in [0.29, 0.717) is 18.9 Å². The Morgan fingerprint density at radius 1 is 1.37 bits per heavy atom. The number of para-hydroxylation sites is 1. The fourth-order valence-corrected chi connectivity index (χ4v) is 2.80. The summed E-state index contributed by atoms with van der Waals surface area (Å²) in [5.41, 5.74) is 0.555. The van der Waals surface area contributed by atoms with Gasteiger partial charge in [0.05, 0.1) is 37.6 Å². The molecule has 1 aliphatic heterocycles. The van der Waals surface area contributed by atoms with Crippen molar-refractivity contribution in [3.63, 3.8) is 0 Å². The van der Waals surface area contributed by atoms with E-state index >= 15 is 0 Å². The van der Waals surface area contributed by atoms with E-state index in [1.165, 1.54) is 10.9 Å². The van der Waals surface area contributed by atoms with Gasteiger partial charge in [0.25, 0.3) is 0 Å². The molecule has 0 unspecified atom stereocenters. The quantitative estimate of drug-likeness (QED) is 0.760. The molecule has 0 radical (unpaired) electrons. The van der Waals surface area contributed by atoms with Crippen LogP contribution in [0.2, 0.25) is 0 Å². The van der Waals surface area contributed by atoms with Crippen molar-refractivity contribution in [1.82, 2.24) is 14.7 Å². The molecule has 1 aromatic carbocycles. The molecule has 8 heteroatoms. The van der Waals surface area contributed by atoms with E-state index in [9.17, 15) is 9.59 Å². The number of likely N-dealkylation sites (N-methyl/N-ethyl adjacent to an activating group) is 1. The lowest BCUT2D eigenvalue weighted by Crippen LogP contribution is -2.39. The highest BCUT2D eigenvalue weighted by atomic mass is 16.5. The van der Waals surface area contributed by atoms with Gasteiger partial charge in [-0.25, -0.2) is 0 Å². The first-order valence-corrected chi connectivity index (χ1v) is 8.95. The maximum atomic E-state index is 12.3. The number of anilines is 1. The fraction of sp³-hybridized carbons (Fsp3) is 0.421. The van der Waals surface area contributed by atoms with E-state index < -0.39 is 0 Å². The standard InChI is InChI=1S/C19H24N4O4/c1-22(16-7-9-26-14-16)19(25)13-23-12-15(11-20-23)21-18(24)8-10-27-17-5-3-2-4-6-17/h2-6,11-12,16H,7-10,13-14H2,1H3,(H,21,24)/t16-/m0/s1. The Balaban J connectivity index is 1.41. The van der Waals surface area contributed by atoms with Crippen molar-refractivity contribution < 1.29 is 19.1 Å². The number of hydrogen-bond donors (Lipinski definition) is 1. The summed E-state index contributed by atoms with van der Waals surface area (Å²) in [7, 11) is 1.78. The van der Waals surface area contributed by atoms with Gasteiger partial charge in [0, 0.05) is 19.9 Å². The minimum Gasteiger partial charge on any atom is -0.493 e. The minimum atomic E-state index is -0.169. The van der Waals surface area contributed by atoms with Gasteiger partial charge in [0.2, 0.25) is 11.8 Å². The molecular weight excluding hydrogens is 348 g/mol. The molecule has 2 aromatic rings. The Morgan fingerprint density at radius 3 is 2.93 bits per heavy atom. The molecule has 2 heterocycles. The van der Waals surface area contributed by atoms with E-state index in [1.54, 1.807) is 18.1 Å². The molecule has 27 heavy (non-hydrogen) atoms. The van der Waals surface area contributed by atoms with Crippen molar-refractivity contribution >= 4 is 17.5 Å². The number of nitrogens with zero attached hydrogens (tertiary/aromatic N) is 3. The van der Waals surface area contributed by atoms with Crippen LogP contribution in [0.1, 0.15) is 12.8 Å². The molecular formula is C19H24N4O4. The van der Waals surface area contributed by atoms with E-state index in [1.807, 2.05) is 30.3 Å². The number of carbonyl (C=O) groups is 2. The van der Waals surface area contributed by atoms with Crippen molar-refractivity contribution in [1.29, 1.82) is 0 Å². The van der Waals surface area contributed by atoms with Crippen molar-refractivity contribution in [2.24, 2.45) is 0 Å². The lowest BCUT2D eigenvalue weighted by atomic mass is 10.2. The number of ether oxygens (including phenoxy) is 2. The van der Waals surface area contributed by atoms with Gasteiger partial charge in [-0.3, -0.25) is 14.3 Å². The first kappa shape index (κ1) is 18.9. The summed E-state index contributed by atoms with van der Waals surface area (Å²) in [4.78, 5) is 26.0. The van der Waals surface area contributed by atoms with Gasteiger partial charge in [-0.05, 0) is 18.6 Å². The summed E-state index contributed by atoms with van der Waals surface area (Å²) in [6.07, 6.45) is 4.26. The van der Waals surface area contributed by atoms with Gasteiger partial charge in [0.15, 0.2) is 0 Å². The number of aromatic nitrogens is 2. The molecule has 0 bridgehead atoms. The maximum Gasteiger partial charge on any atom is 0.244 e. The van der Waals surface area contributed by atoms with Crippen molar-refractivity contribution in [2.45, 2.75) is 25.4 Å². The van der Waals surface area contributed by atoms with Crippen LogP contribution in [-0.2, 0) is 20.9 Å². The van der Waals surface area contributed by atoms with Gasteiger partial charge < -0.3 is 19.7 Å². The highest BCUT2D eigenvalue weighted by molar-refractivity contribution is 5.90. The molecule has 1 saturated heterocycles. The van der Waals surface area contributed by atoms with Gasteiger partial charge in [0.1, 0.15) is 12.3 Å². The van der Waals surface area contributed by atoms with Gasteiger partial charge >= 0.3 is 0 Å². The van der Waals surface area contributed by atoms with E-state index in [-0.39, 0.29) is 37.4 Å². The van der Waals surface area contributed by atoms with Crippen LogP contribution in [0.4, 0.5) is 5.69 Å². The van der Waals surface area contributed by atoms with Crippen molar-refractivity contribution in [2.75, 3.05) is 32.2 Å². The van der Waals surface area contributed by atoms with Crippen LogP contribution in [-0.4, -0.2) is 59.4 Å². The summed E-state index contributed by atoms with van der Waals surface area (Å²) in [5.74, 6) is 0.521. The van der Waals surface area contributed by atoms with Crippen LogP contribution in [0.3, 0.4) is 0 Å². The monoisotopic (exact) mass is 372 g/mol. The zero-order chi connectivity index (χ0) is 19.1. The number of rotatable bonds is 8. The lowest BCUT2D eigenvalue weighted by molar-refractivity contribution is -0.132. The average Bonchev–Trinajstić information content (AvgIpc) is 3.34. The normalized spacial score (nSPS) is 16.1. The van der Waals surface area contributed by atoms with E-state index in [4.69, 9.17) is 9.47 Å². The second-order valence-electron chi connectivity index (χ2n) is 6.41. The third kappa shape index (κ3) is 5.55. The van der Waals surface area contributed by atoms with Gasteiger partial charge in [-0.2, -0.15) is 5.10 Å². The zero-order valence-electron chi connectivity index (χ0n) is 15.3. The Bertz CT molecular complexity index is 756. The highest BCUT2D eigenvalue weighted by Gasteiger charge is 2.24. The highest BCUT2D eigenvalue weighted by Crippen LogP contribution is 2.12. The summed E-state index contributed by atoms with van der Waals surface area (Å²) in [6.45, 7) is 1.68. The Kier molecular flexibility index (Phi) is 6.43. The summed E-state index contributed by atoms with van der Waals surface area (Å²) < 4.78 is 12.3. The van der Waals surface area contributed by atoms with Gasteiger partial charge in [-0.1, -0.05) is 18.2 Å². The first-order chi connectivity index (χ1) is 13.1. The van der Waals surface area contributed by atoms with Crippen LogP contribution in [0, 0.1) is 0 Å². The second kappa shape index (κ2) is 9.18. The maximum absolute atomic E-state index is 12.3. The van der Waals surface area contributed by atoms with Crippen molar-refractivity contribution in [3.05, 3.63) is 42.7 Å². The summed E-state index contributed by atoms with van der Waals surface area (Å²) >= 11 is 0. The third-order valence-electron chi connectivity index (χ3n) is 4.40. The molecule has 1 N–H and O–H groups in total. The SMILES string of the molecule is CN(C(=O)Cn1cc(NC(=O)CCOc2ccccc2)cn1)[C@H]1CCOC1. The Labute approximate surface area is 158 Å². The molecule has 1 aliphatic rings. The predicted octanol–water partition coefficient (Wildman–Crippen LogP) is 1.54. The smallest absolute Gasteiger partial charge is 0.244 e. The molecule has 0 aliphatic carbocycles. The van der Waals surface area contributed by atoms with Crippen LogP contribution in [0.25, 0.3) is 0 Å². The topological polar surface area (TPSA) is 85.7 Å². The molecule has 0 saturated carbocycles. The Morgan fingerprint density at radius 2 is 2.19 bits per heavy atom. The first-order valence-electron chi connectivity index (χ1n) is 8.95. The summed E-state index contributed by atoms with van der Waals surface area (Å²) in [6, 6.07) is 9.46. The molecule has 2 amide bonds. The lowest BCUT2D eigenvalue weighted by Gasteiger charge is -2.23. The Hall–Kier alpha value is -2.87. The molecule has 8 nitrogen and oxygen atoms in total. The predicted molar refractivity (Wildman–Crippen MR) is 99.4 cm³/mol. The molecule has 1 fully saturated rings. The summed E-state index contributed by atoms with van der Waals surface area (Å²) in [5, 5.41) is 6.90. The molecule has 1 aromatic heterocycles. The number of benzene rings is 1. The van der Waals surface area contributed by atoms with Crippen LogP contribution >= 0.6 is 0 Å². The van der Waals surface area contributed by atoms with Crippen LogP contribution in [0.15, 0.2) is 42.7 Å². The number of carbonyl (C=O) groups excluding carboxylic acids is 2. The third-order valence-corrected chi connectivity index (χ3v) is 4.40. The van der Waals surface area contributed by atoms with E-state index in [0.717, 1.165) is 12.2 Å². The van der Waals surface area contributed by atoms with Gasteiger partial charge in [-0.15, -0.1) is 0 Å². The largest absolute Gasteiger partial charge is 0.493 e. The molecule has 1 atom stereocenters. The fourth-order valence-electron chi connectivity index (χ4n) is 2.80. The molecule has 144 valence electrons. The molecule has 3 rings (SSSR count). The second-order valence-corrected chi connectivity index (χ2v) is 6.41. The average molecular weight is 372 g/mol. The number of hydrogen-bond acceptors (Lipinski definition) is 5. The number of nitrogens with one attached hydrogen (secondary N) is 1. The number of amides is 2. The van der Waals surface area contributed by atoms with Crippen LogP contribution in [0.5, 0.6) is 5.75 Å². The van der Waals surface area contributed by atoms with Crippen LogP contribution < -0.4 is 10.1 Å². The molecule has 0 spiro atoms. The zero-order valence-corrected chi connectivity index (χ0v) is 15.3. The van der Waals surface area contributed by atoms with Crippen molar-refractivity contribution in [3.8, 4) is 5.75 Å². The minimum absolute atomic E-state index is 0.0391. The van der Waals surface area contributed by atoms with E-state index in [2.05, 4.69) is 10.4 Å².